The molecule has 1 fully saturated rings. The zero-order chi connectivity index (χ0) is 11.5. The number of likely N-dealkylation sites (tertiary alicyclic amines) is 1. The lowest BCUT2D eigenvalue weighted by atomic mass is 10.1. The largest absolute Gasteiger partial charge is 0.467 e. The molecule has 1 atom stereocenters. The highest BCUT2D eigenvalue weighted by Gasteiger charge is 2.30. The Morgan fingerprint density at radius 3 is 2.82 bits per heavy atom. The third-order valence-corrected chi connectivity index (χ3v) is 3.53. The van der Waals surface area contributed by atoms with Crippen molar-refractivity contribution in [2.45, 2.75) is 25.3 Å². The number of piperidine rings is 1. The SMILES string of the molecule is c1coc(C(C2=NCCN2)N2CCCCC2)c1. The summed E-state index contributed by atoms with van der Waals surface area (Å²) in [6, 6.07) is 4.22. The molecule has 4 nitrogen and oxygen atoms in total. The molecule has 1 aromatic rings. The number of amidine groups is 1. The summed E-state index contributed by atoms with van der Waals surface area (Å²) in [5, 5.41) is 3.39. The first-order valence-corrected chi connectivity index (χ1v) is 6.51. The first-order chi connectivity index (χ1) is 8.45. The molecule has 2 aliphatic rings. The van der Waals surface area contributed by atoms with E-state index in [0.717, 1.165) is 37.8 Å². The van der Waals surface area contributed by atoms with Crippen LogP contribution in [0.15, 0.2) is 27.8 Å². The molecule has 17 heavy (non-hydrogen) atoms. The highest BCUT2D eigenvalue weighted by Crippen LogP contribution is 2.26. The Kier molecular flexibility index (Phi) is 3.14. The summed E-state index contributed by atoms with van der Waals surface area (Å²) in [6.07, 6.45) is 5.66. The molecule has 92 valence electrons. The van der Waals surface area contributed by atoms with Crippen LogP contribution in [0.5, 0.6) is 0 Å². The van der Waals surface area contributed by atoms with Crippen molar-refractivity contribution in [3.05, 3.63) is 24.2 Å². The second kappa shape index (κ2) is 4.92. The summed E-state index contributed by atoms with van der Waals surface area (Å²) in [6.45, 7) is 4.14. The van der Waals surface area contributed by atoms with Gasteiger partial charge in [0.2, 0.25) is 0 Å². The van der Waals surface area contributed by atoms with Crippen LogP contribution in [-0.4, -0.2) is 36.9 Å². The molecule has 1 aromatic heterocycles. The van der Waals surface area contributed by atoms with Crippen LogP contribution in [0.1, 0.15) is 31.1 Å². The standard InChI is InChI=1S/C13H19N3O/c1-2-8-16(9-3-1)12(11-5-4-10-17-11)13-14-6-7-15-13/h4-5,10,12H,1-3,6-9H2,(H,14,15). The minimum Gasteiger partial charge on any atom is -0.467 e. The number of nitrogens with one attached hydrogen (secondary N) is 1. The third kappa shape index (κ3) is 2.22. The quantitative estimate of drug-likeness (QED) is 0.865. The highest BCUT2D eigenvalue weighted by molar-refractivity contribution is 5.89. The van der Waals surface area contributed by atoms with Gasteiger partial charge < -0.3 is 9.73 Å². The van der Waals surface area contributed by atoms with Crippen LogP contribution in [-0.2, 0) is 0 Å². The molecule has 0 aromatic carbocycles. The van der Waals surface area contributed by atoms with Gasteiger partial charge in [-0.2, -0.15) is 0 Å². The van der Waals surface area contributed by atoms with Crippen molar-refractivity contribution < 1.29 is 4.42 Å². The van der Waals surface area contributed by atoms with Gasteiger partial charge in [0.25, 0.3) is 0 Å². The van der Waals surface area contributed by atoms with Gasteiger partial charge in [0.15, 0.2) is 0 Å². The maximum Gasteiger partial charge on any atom is 0.128 e. The summed E-state index contributed by atoms with van der Waals surface area (Å²) in [7, 11) is 0. The number of hydrogen-bond acceptors (Lipinski definition) is 4. The van der Waals surface area contributed by atoms with Crippen LogP contribution in [0.3, 0.4) is 0 Å². The van der Waals surface area contributed by atoms with E-state index in [9.17, 15) is 0 Å². The maximum absolute atomic E-state index is 5.60. The zero-order valence-corrected chi connectivity index (χ0v) is 10.1. The van der Waals surface area contributed by atoms with Gasteiger partial charge in [-0.3, -0.25) is 9.89 Å². The van der Waals surface area contributed by atoms with E-state index in [1.165, 1.54) is 19.3 Å². The smallest absolute Gasteiger partial charge is 0.128 e. The topological polar surface area (TPSA) is 40.8 Å². The fraction of sp³-hybridized carbons (Fsp3) is 0.615. The molecule has 0 aliphatic carbocycles. The van der Waals surface area contributed by atoms with Crippen molar-refractivity contribution in [2.75, 3.05) is 26.2 Å². The second-order valence-electron chi connectivity index (χ2n) is 4.71. The first kappa shape index (κ1) is 10.8. The van der Waals surface area contributed by atoms with Crippen LogP contribution in [0, 0.1) is 0 Å². The second-order valence-corrected chi connectivity index (χ2v) is 4.71. The predicted molar refractivity (Wildman–Crippen MR) is 67.2 cm³/mol. The van der Waals surface area contributed by atoms with Gasteiger partial charge in [0, 0.05) is 6.54 Å². The Bertz CT molecular complexity index is 379. The molecule has 0 amide bonds. The fourth-order valence-electron chi connectivity index (χ4n) is 2.71. The molecule has 0 radical (unpaired) electrons. The fourth-order valence-corrected chi connectivity index (χ4v) is 2.71. The summed E-state index contributed by atoms with van der Waals surface area (Å²) >= 11 is 0. The molecular formula is C13H19N3O. The number of hydrogen-bond donors (Lipinski definition) is 1. The monoisotopic (exact) mass is 233 g/mol. The van der Waals surface area contributed by atoms with Crippen molar-refractivity contribution in [3.8, 4) is 0 Å². The summed E-state index contributed by atoms with van der Waals surface area (Å²) in [5.41, 5.74) is 0. The van der Waals surface area contributed by atoms with E-state index in [2.05, 4.69) is 21.3 Å². The van der Waals surface area contributed by atoms with Gasteiger partial charge in [-0.1, -0.05) is 6.42 Å². The zero-order valence-electron chi connectivity index (χ0n) is 10.1. The molecule has 0 saturated carbocycles. The lowest BCUT2D eigenvalue weighted by molar-refractivity contribution is 0.184. The third-order valence-electron chi connectivity index (χ3n) is 3.53. The van der Waals surface area contributed by atoms with Gasteiger partial charge in [-0.05, 0) is 38.1 Å². The highest BCUT2D eigenvalue weighted by atomic mass is 16.3. The predicted octanol–water partition coefficient (Wildman–Crippen LogP) is 1.81. The van der Waals surface area contributed by atoms with E-state index in [4.69, 9.17) is 4.42 Å². The van der Waals surface area contributed by atoms with E-state index >= 15 is 0 Å². The Morgan fingerprint density at radius 1 is 1.29 bits per heavy atom. The molecule has 0 spiro atoms. The van der Waals surface area contributed by atoms with Crippen LogP contribution in [0.2, 0.25) is 0 Å². The lowest BCUT2D eigenvalue weighted by Crippen LogP contribution is -2.41. The van der Waals surface area contributed by atoms with Crippen LogP contribution < -0.4 is 5.32 Å². The number of nitrogens with zero attached hydrogens (tertiary/aromatic N) is 2. The molecule has 0 bridgehead atoms. The van der Waals surface area contributed by atoms with Crippen molar-refractivity contribution in [1.82, 2.24) is 10.2 Å². The van der Waals surface area contributed by atoms with E-state index in [1.807, 2.05) is 6.07 Å². The van der Waals surface area contributed by atoms with Crippen molar-refractivity contribution in [2.24, 2.45) is 4.99 Å². The van der Waals surface area contributed by atoms with Gasteiger partial charge in [0.1, 0.15) is 17.6 Å². The summed E-state index contributed by atoms with van der Waals surface area (Å²) in [4.78, 5) is 7.06. The first-order valence-electron chi connectivity index (χ1n) is 6.51. The van der Waals surface area contributed by atoms with E-state index < -0.39 is 0 Å². The average Bonchev–Trinajstić information content (AvgIpc) is 3.04. The number of rotatable bonds is 3. The molecule has 4 heteroatoms. The van der Waals surface area contributed by atoms with Gasteiger partial charge in [-0.25, -0.2) is 0 Å². The van der Waals surface area contributed by atoms with Crippen molar-refractivity contribution in [1.29, 1.82) is 0 Å². The summed E-state index contributed by atoms with van der Waals surface area (Å²) < 4.78 is 5.60. The molecular weight excluding hydrogens is 214 g/mol. The molecule has 1 saturated heterocycles. The Hall–Kier alpha value is -1.29. The van der Waals surface area contributed by atoms with Crippen molar-refractivity contribution in [3.63, 3.8) is 0 Å². The summed E-state index contributed by atoms with van der Waals surface area (Å²) in [5.74, 6) is 2.10. The molecule has 1 unspecified atom stereocenters. The Labute approximate surface area is 102 Å². The minimum absolute atomic E-state index is 0.202. The van der Waals surface area contributed by atoms with E-state index in [1.54, 1.807) is 6.26 Å². The average molecular weight is 233 g/mol. The van der Waals surface area contributed by atoms with Crippen LogP contribution in [0.4, 0.5) is 0 Å². The van der Waals surface area contributed by atoms with E-state index in [0.29, 0.717) is 0 Å². The van der Waals surface area contributed by atoms with E-state index in [-0.39, 0.29) is 6.04 Å². The molecule has 2 aliphatic heterocycles. The maximum atomic E-state index is 5.60. The van der Waals surface area contributed by atoms with Crippen molar-refractivity contribution >= 4 is 5.84 Å². The molecule has 3 rings (SSSR count). The minimum atomic E-state index is 0.202. The van der Waals surface area contributed by atoms with Crippen LogP contribution in [0.25, 0.3) is 0 Å². The van der Waals surface area contributed by atoms with Gasteiger partial charge >= 0.3 is 0 Å². The van der Waals surface area contributed by atoms with Gasteiger partial charge in [0.05, 0.1) is 12.8 Å². The molecule has 1 N–H and O–H groups in total. The Balaban J connectivity index is 1.85. The number of aliphatic imine (C=N–C) groups is 1. The normalized spacial score (nSPS) is 23.2. The number of furan rings is 1. The van der Waals surface area contributed by atoms with Gasteiger partial charge in [-0.15, -0.1) is 0 Å². The lowest BCUT2D eigenvalue weighted by Gasteiger charge is -2.33. The molecule has 3 heterocycles. The van der Waals surface area contributed by atoms with Crippen LogP contribution >= 0.6 is 0 Å². The Morgan fingerprint density at radius 2 is 2.18 bits per heavy atom.